The normalized spacial score (nSPS) is 14.8. The van der Waals surface area contributed by atoms with Crippen LogP contribution in [0.5, 0.6) is 0 Å². The first-order valence-electron chi connectivity index (χ1n) is 29.3. The molecule has 1 aliphatic rings. The predicted molar refractivity (Wildman–Crippen MR) is 311 cm³/mol. The van der Waals surface area contributed by atoms with E-state index in [1.807, 2.05) is 6.92 Å². The number of ketones is 1. The van der Waals surface area contributed by atoms with Crippen molar-refractivity contribution in [2.24, 2.45) is 0 Å². The highest BCUT2D eigenvalue weighted by atomic mass is 32.2. The van der Waals surface area contributed by atoms with Crippen molar-refractivity contribution < 1.29 is 132 Å². The van der Waals surface area contributed by atoms with Crippen molar-refractivity contribution in [2.75, 3.05) is 104 Å². The summed E-state index contributed by atoms with van der Waals surface area (Å²) in [5, 5.41) is 91.6. The maximum Gasteiger partial charge on any atom is 0.320 e. The van der Waals surface area contributed by atoms with Gasteiger partial charge < -0.3 is 76.1 Å². The summed E-state index contributed by atoms with van der Waals surface area (Å²) >= 11 is 1.34. The summed E-state index contributed by atoms with van der Waals surface area (Å²) in [5.41, 5.74) is -1.67. The summed E-state index contributed by atoms with van der Waals surface area (Å²) in [6.45, 7) is -5.49. The topological polar surface area (TPSA) is 515 Å². The van der Waals surface area contributed by atoms with Gasteiger partial charge in [-0.2, -0.15) is 0 Å². The lowest BCUT2D eigenvalue weighted by atomic mass is 10.0. The number of nitrogens with one attached hydrogen (secondary N) is 3. The number of hydrogen-bond acceptors (Lipinski definition) is 22. The van der Waals surface area contributed by atoms with Crippen LogP contribution in [0.2, 0.25) is 0 Å². The molecule has 1 aliphatic heterocycles. The minimum Gasteiger partial charge on any atom is -0.480 e. The molecule has 0 radical (unpaired) electrons. The molecule has 0 aromatic rings. The van der Waals surface area contributed by atoms with E-state index in [0.717, 1.165) is 32.4 Å². The Bertz CT molecular complexity index is 2170. The van der Waals surface area contributed by atoms with Crippen molar-refractivity contribution in [2.45, 2.75) is 151 Å². The van der Waals surface area contributed by atoms with Crippen LogP contribution in [0.4, 0.5) is 0 Å². The van der Waals surface area contributed by atoms with Crippen LogP contribution in [-0.2, 0) is 86.1 Å². The zero-order valence-corrected chi connectivity index (χ0v) is 51.2. The van der Waals surface area contributed by atoms with E-state index in [0.29, 0.717) is 12.2 Å². The second-order valence-electron chi connectivity index (χ2n) is 21.3. The molecule has 0 aliphatic carbocycles. The molecule has 0 saturated carbocycles. The molecule has 0 bridgehead atoms. The summed E-state index contributed by atoms with van der Waals surface area (Å²) in [5.74, 6) is -15.3. The number of likely N-dealkylation sites (tertiary alicyclic amines) is 1. The summed E-state index contributed by atoms with van der Waals surface area (Å²) in [7, 11) is 0. The lowest BCUT2D eigenvalue weighted by molar-refractivity contribution is -0.152. The Morgan fingerprint density at radius 3 is 1.24 bits per heavy atom. The number of carboxylic acids is 9. The molecule has 1 rings (SSSR count). The highest BCUT2D eigenvalue weighted by Gasteiger charge is 2.40. The lowest BCUT2D eigenvalue weighted by Gasteiger charge is -2.34. The molecule has 0 spiro atoms. The third kappa shape index (κ3) is 35.7. The number of carboxylic acid groups (broad SMARTS) is 9. The first kappa shape index (κ1) is 80.6. The van der Waals surface area contributed by atoms with Gasteiger partial charge in [0, 0.05) is 58.2 Å². The Morgan fingerprint density at radius 2 is 0.878 bits per heavy atom. The molecule has 1 saturated heterocycles. The quantitative estimate of drug-likeness (QED) is 0.0256. The second-order valence-corrected chi connectivity index (χ2v) is 22.6. The molecule has 1 heterocycles. The van der Waals surface area contributed by atoms with E-state index in [9.17, 15) is 118 Å². The molecule has 0 aromatic heterocycles. The molecule has 5 amide bonds. The zero-order chi connectivity index (χ0) is 67.8. The molecule has 0 aromatic carbocycles. The number of amides is 5. The van der Waals surface area contributed by atoms with Gasteiger partial charge in [0.15, 0.2) is 0 Å². The van der Waals surface area contributed by atoms with Crippen molar-refractivity contribution in [3.05, 3.63) is 0 Å². The third-order valence-electron chi connectivity index (χ3n) is 13.7. The Morgan fingerprint density at radius 1 is 0.500 bits per heavy atom. The molecule has 34 nitrogen and oxygen atoms in total. The number of rotatable bonds is 57. The van der Waals surface area contributed by atoms with E-state index in [-0.39, 0.29) is 135 Å². The predicted octanol–water partition coefficient (Wildman–Crippen LogP) is -1.02. The number of hydrogen-bond donors (Lipinski definition) is 12. The van der Waals surface area contributed by atoms with Crippen LogP contribution >= 0.6 is 11.8 Å². The van der Waals surface area contributed by atoms with Crippen molar-refractivity contribution in [3.63, 3.8) is 0 Å². The van der Waals surface area contributed by atoms with E-state index >= 15 is 0 Å². The van der Waals surface area contributed by atoms with Crippen LogP contribution in [-0.4, -0.2) is 288 Å². The summed E-state index contributed by atoms with van der Waals surface area (Å²) < 4.78 is 17.8. The molecule has 4 atom stereocenters. The smallest absolute Gasteiger partial charge is 0.320 e. The Labute approximate surface area is 522 Å². The Balaban J connectivity index is 3.28. The fourth-order valence-corrected chi connectivity index (χ4v) is 10.6. The third-order valence-corrected chi connectivity index (χ3v) is 15.0. The Hall–Kier alpha value is -7.44. The fraction of sp³-hybridized carbons (Fsp3) is 0.727. The zero-order valence-electron chi connectivity index (χ0n) is 50.4. The Kier molecular flexibility index (Phi) is 40.2. The van der Waals surface area contributed by atoms with E-state index in [1.54, 1.807) is 0 Å². The first-order valence-corrected chi connectivity index (χ1v) is 30.3. The number of ether oxygens (including phenoxy) is 3. The number of unbranched alkanes of at least 4 members (excludes halogenated alkanes) is 5. The van der Waals surface area contributed by atoms with Gasteiger partial charge in [0.05, 0.1) is 84.2 Å². The average Bonchev–Trinajstić information content (AvgIpc) is 1.75. The largest absolute Gasteiger partial charge is 0.480 e. The van der Waals surface area contributed by atoms with Crippen molar-refractivity contribution >= 4 is 101 Å². The SMILES string of the molecule is CCCCSC1CC(=O)N(CCC(=O)NC(COCCC(=O)CCCCCC(C(=O)O)N(CC(=O)O)CC(=O)O)(COCCC(=O)NCCCCC(C(=O)O)N(CC(=O)O)CC(=O)O)COCCC(=O)NCCCCC(C(=O)O)N(CC(=O)O)CC(=O)O)C1=O. The van der Waals surface area contributed by atoms with Crippen molar-refractivity contribution in [3.8, 4) is 0 Å². The number of imide groups is 1. The van der Waals surface area contributed by atoms with Gasteiger partial charge in [0.2, 0.25) is 29.5 Å². The van der Waals surface area contributed by atoms with E-state index in [1.165, 1.54) is 11.8 Å². The number of aliphatic carboxylic acids is 9. The standard InChI is InChI=1S/C55H87N7O27S/c1-2-3-25-90-40-26-44(67)62(51(40)80)21-15-43(66)58-55(33-87-22-16-36(63)11-5-4-6-12-37(52(81)82)59(27-45(68)69)28-46(70)71,34-88-23-17-41(64)56-19-9-7-13-38(53(83)84)60(29-47(72)73)30-48(74)75)35-89-24-18-42(65)57-20-10-8-14-39(54(85)86)61(31-49(76)77)32-50(78)79/h37-40H,2-35H2,1H3,(H,56,64)(H,57,65)(H,58,66)(H,68,69)(H,70,71)(H,72,73)(H,74,75)(H,76,77)(H,78,79)(H,81,82)(H,83,84)(H,85,86). The van der Waals surface area contributed by atoms with Crippen LogP contribution in [0.1, 0.15) is 122 Å². The summed E-state index contributed by atoms with van der Waals surface area (Å²) in [4.78, 5) is 186. The lowest BCUT2D eigenvalue weighted by Crippen LogP contribution is -2.59. The van der Waals surface area contributed by atoms with E-state index in [4.69, 9.17) is 14.2 Å². The van der Waals surface area contributed by atoms with Gasteiger partial charge in [-0.05, 0) is 63.5 Å². The molecule has 35 heteroatoms. The maximum atomic E-state index is 13.9. The van der Waals surface area contributed by atoms with Crippen molar-refractivity contribution in [1.82, 2.24) is 35.6 Å². The summed E-state index contributed by atoms with van der Waals surface area (Å²) in [6.07, 6.45) is 1.58. The molecular weight excluding hydrogens is 1220 g/mol. The minimum atomic E-state index is -1.67. The number of carbonyl (C=O) groups is 15. The van der Waals surface area contributed by atoms with Crippen molar-refractivity contribution in [1.29, 1.82) is 0 Å². The van der Waals surface area contributed by atoms with Gasteiger partial charge in [-0.1, -0.05) is 26.2 Å². The first-order chi connectivity index (χ1) is 42.5. The van der Waals surface area contributed by atoms with Crippen LogP contribution in [0.3, 0.4) is 0 Å². The van der Waals surface area contributed by atoms with Gasteiger partial charge >= 0.3 is 53.7 Å². The number of carbonyl (C=O) groups excluding carboxylic acids is 6. The maximum absolute atomic E-state index is 13.9. The fourth-order valence-electron chi connectivity index (χ4n) is 9.29. The van der Waals surface area contributed by atoms with Crippen LogP contribution < -0.4 is 16.0 Å². The van der Waals surface area contributed by atoms with E-state index < -0.39 is 178 Å². The van der Waals surface area contributed by atoms with Gasteiger partial charge in [0.25, 0.3) is 0 Å². The van der Waals surface area contributed by atoms with Gasteiger partial charge in [0.1, 0.15) is 29.4 Å². The molecule has 12 N–H and O–H groups in total. The second kappa shape index (κ2) is 44.9. The van der Waals surface area contributed by atoms with Gasteiger partial charge in [-0.15, -0.1) is 11.8 Å². The molecule has 510 valence electrons. The average molecular weight is 1310 g/mol. The molecular formula is C55H87N7O27S. The van der Waals surface area contributed by atoms with Gasteiger partial charge in [-0.25, -0.2) is 0 Å². The molecule has 1 fully saturated rings. The minimum absolute atomic E-state index is 0.00128. The highest BCUT2D eigenvalue weighted by Crippen LogP contribution is 2.26. The molecule has 4 unspecified atom stereocenters. The number of thioether (sulfide) groups is 1. The number of Topliss-reactive ketones (excluding diaryl/α,β-unsaturated/α-hetero) is 1. The molecule has 90 heavy (non-hydrogen) atoms. The highest BCUT2D eigenvalue weighted by molar-refractivity contribution is 8.00. The number of nitrogens with zero attached hydrogens (tertiary/aromatic N) is 4. The van der Waals surface area contributed by atoms with Crippen LogP contribution in [0, 0.1) is 0 Å². The van der Waals surface area contributed by atoms with Crippen LogP contribution in [0.15, 0.2) is 0 Å². The van der Waals surface area contributed by atoms with Gasteiger partial charge in [-0.3, -0.25) is 91.5 Å². The van der Waals surface area contributed by atoms with Crippen LogP contribution in [0.25, 0.3) is 0 Å². The van der Waals surface area contributed by atoms with E-state index in [2.05, 4.69) is 16.0 Å². The summed E-state index contributed by atoms with van der Waals surface area (Å²) in [6, 6.07) is -4.31. The monoisotopic (exact) mass is 1310 g/mol.